The van der Waals surface area contributed by atoms with Crippen molar-refractivity contribution in [3.05, 3.63) is 41.0 Å². The molecule has 130 valence electrons. The van der Waals surface area contributed by atoms with Gasteiger partial charge >= 0.3 is 11.9 Å². The van der Waals surface area contributed by atoms with Crippen molar-refractivity contribution in [1.82, 2.24) is 0 Å². The summed E-state index contributed by atoms with van der Waals surface area (Å²) < 4.78 is 15.1. The van der Waals surface area contributed by atoms with E-state index in [4.69, 9.17) is 14.2 Å². The third-order valence-electron chi connectivity index (χ3n) is 3.76. The zero-order chi connectivity index (χ0) is 18.1. The topological polar surface area (TPSA) is 102 Å². The maximum Gasteiger partial charge on any atom is 0.341 e. The number of aliphatic hydroxyl groups excluding tert-OH is 1. The molecule has 0 bridgehead atoms. The molecule has 0 saturated carbocycles. The first kappa shape index (κ1) is 18.0. The van der Waals surface area contributed by atoms with Crippen molar-refractivity contribution in [2.75, 3.05) is 14.2 Å². The maximum absolute atomic E-state index is 12.2. The van der Waals surface area contributed by atoms with Crippen LogP contribution in [0.1, 0.15) is 29.8 Å². The minimum atomic E-state index is -1.45. The van der Waals surface area contributed by atoms with Gasteiger partial charge < -0.3 is 24.4 Å². The summed E-state index contributed by atoms with van der Waals surface area (Å²) >= 11 is 0. The van der Waals surface area contributed by atoms with Gasteiger partial charge in [0.15, 0.2) is 6.10 Å². The summed E-state index contributed by atoms with van der Waals surface area (Å²) in [5, 5.41) is 20.5. The Balaban J connectivity index is 2.62. The molecule has 2 N–H and O–H groups in total. The van der Waals surface area contributed by atoms with Crippen LogP contribution >= 0.6 is 0 Å². The van der Waals surface area contributed by atoms with Gasteiger partial charge in [-0.3, -0.25) is 0 Å². The molecule has 7 heteroatoms. The van der Waals surface area contributed by atoms with Crippen LogP contribution in [-0.2, 0) is 19.0 Å². The lowest BCUT2D eigenvalue weighted by Crippen LogP contribution is -2.42. The van der Waals surface area contributed by atoms with Crippen molar-refractivity contribution in [2.45, 2.75) is 31.7 Å². The van der Waals surface area contributed by atoms with Crippen molar-refractivity contribution in [2.24, 2.45) is 0 Å². The van der Waals surface area contributed by atoms with E-state index in [1.807, 2.05) is 0 Å². The van der Waals surface area contributed by atoms with Gasteiger partial charge in [-0.1, -0.05) is 18.2 Å². The first-order valence-electron chi connectivity index (χ1n) is 7.29. The second kappa shape index (κ2) is 6.62. The van der Waals surface area contributed by atoms with Crippen molar-refractivity contribution < 1.29 is 34.0 Å². The summed E-state index contributed by atoms with van der Waals surface area (Å²) in [7, 11) is 2.55. The quantitative estimate of drug-likeness (QED) is 0.478. The molecular weight excluding hydrogens is 316 g/mol. The number of hydrogen-bond donors (Lipinski definition) is 2. The summed E-state index contributed by atoms with van der Waals surface area (Å²) in [5.41, 5.74) is -1.14. The lowest BCUT2D eigenvalue weighted by molar-refractivity contribution is -0.152. The molecule has 2 rings (SSSR count). The highest BCUT2D eigenvalue weighted by Gasteiger charge is 2.48. The second-order valence-corrected chi connectivity index (χ2v) is 5.91. The number of hydrogen-bond acceptors (Lipinski definition) is 7. The van der Waals surface area contributed by atoms with E-state index in [2.05, 4.69) is 0 Å². The third-order valence-corrected chi connectivity index (χ3v) is 3.76. The molecule has 1 aromatic carbocycles. The predicted octanol–water partition coefficient (Wildman–Crippen LogP) is 0.888. The molecule has 0 radical (unpaired) electrons. The fourth-order valence-corrected chi connectivity index (χ4v) is 2.61. The fourth-order valence-electron chi connectivity index (χ4n) is 2.61. The number of aliphatic hydroxyl groups is 2. The van der Waals surface area contributed by atoms with E-state index in [1.54, 1.807) is 18.2 Å². The summed E-state index contributed by atoms with van der Waals surface area (Å²) in [6.07, 6.45) is -2.55. The summed E-state index contributed by atoms with van der Waals surface area (Å²) in [4.78, 5) is 24.2. The van der Waals surface area contributed by atoms with E-state index < -0.39 is 29.7 Å². The van der Waals surface area contributed by atoms with Crippen molar-refractivity contribution in [1.29, 1.82) is 0 Å². The van der Waals surface area contributed by atoms with Gasteiger partial charge in [0.05, 0.1) is 25.4 Å². The summed E-state index contributed by atoms with van der Waals surface area (Å²) in [5.74, 6) is -1.42. The van der Waals surface area contributed by atoms with E-state index in [0.29, 0.717) is 0 Å². The molecule has 0 amide bonds. The highest BCUT2D eigenvalue weighted by molar-refractivity contribution is 6.03. The molecule has 24 heavy (non-hydrogen) atoms. The van der Waals surface area contributed by atoms with Crippen LogP contribution in [0.2, 0.25) is 0 Å². The second-order valence-electron chi connectivity index (χ2n) is 5.91. The van der Waals surface area contributed by atoms with E-state index in [1.165, 1.54) is 34.1 Å². The van der Waals surface area contributed by atoms with E-state index in [0.717, 1.165) is 0 Å². The number of benzene rings is 1. The Morgan fingerprint density at radius 3 is 2.21 bits per heavy atom. The highest BCUT2D eigenvalue weighted by atomic mass is 16.6. The molecule has 0 spiro atoms. The van der Waals surface area contributed by atoms with Crippen LogP contribution in [0.3, 0.4) is 0 Å². The molecule has 1 aliphatic heterocycles. The van der Waals surface area contributed by atoms with Crippen molar-refractivity contribution in [3.8, 4) is 0 Å². The van der Waals surface area contributed by atoms with Crippen LogP contribution in [0.25, 0.3) is 5.76 Å². The molecule has 1 aromatic rings. The Morgan fingerprint density at radius 2 is 1.75 bits per heavy atom. The molecule has 0 aromatic heterocycles. The van der Waals surface area contributed by atoms with Gasteiger partial charge in [0.1, 0.15) is 17.4 Å². The Bertz CT molecular complexity index is 684. The SMILES string of the molecule is COC(=O)c1ccccc1C(OC)=C1C(=O)OC(C(C)(C)O)C1O. The lowest BCUT2D eigenvalue weighted by Gasteiger charge is -2.26. The number of rotatable bonds is 4. The summed E-state index contributed by atoms with van der Waals surface area (Å²) in [6, 6.07) is 6.37. The first-order valence-corrected chi connectivity index (χ1v) is 7.29. The van der Waals surface area contributed by atoms with Gasteiger partial charge in [0.2, 0.25) is 0 Å². The number of methoxy groups -OCH3 is 2. The minimum Gasteiger partial charge on any atom is -0.495 e. The van der Waals surface area contributed by atoms with Crippen molar-refractivity contribution in [3.63, 3.8) is 0 Å². The van der Waals surface area contributed by atoms with Gasteiger partial charge in [-0.05, 0) is 19.9 Å². The molecule has 1 fully saturated rings. The Kier molecular flexibility index (Phi) is 4.96. The monoisotopic (exact) mass is 336 g/mol. The molecule has 0 aliphatic carbocycles. The molecule has 2 unspecified atom stereocenters. The normalized spacial score (nSPS) is 22.8. The van der Waals surface area contributed by atoms with Crippen LogP contribution in [0, 0.1) is 0 Å². The first-order chi connectivity index (χ1) is 11.2. The Hall–Kier alpha value is -2.38. The van der Waals surface area contributed by atoms with Crippen molar-refractivity contribution >= 4 is 17.7 Å². The van der Waals surface area contributed by atoms with Crippen LogP contribution < -0.4 is 0 Å². The number of ether oxygens (including phenoxy) is 3. The molecule has 2 atom stereocenters. The summed E-state index contributed by atoms with van der Waals surface area (Å²) in [6.45, 7) is 2.85. The Labute approximate surface area is 139 Å². The molecule has 1 aliphatic rings. The van der Waals surface area contributed by atoms with Gasteiger partial charge in [-0.25, -0.2) is 9.59 Å². The molecule has 1 saturated heterocycles. The molecular formula is C17H20O7. The average molecular weight is 336 g/mol. The van der Waals surface area contributed by atoms with E-state index in [9.17, 15) is 19.8 Å². The van der Waals surface area contributed by atoms with Gasteiger partial charge in [0, 0.05) is 5.56 Å². The molecule has 7 nitrogen and oxygen atoms in total. The number of carbonyl (C=O) groups excluding carboxylic acids is 2. The lowest BCUT2D eigenvalue weighted by atomic mass is 9.92. The number of carbonyl (C=O) groups is 2. The smallest absolute Gasteiger partial charge is 0.341 e. The third kappa shape index (κ3) is 3.13. The van der Waals surface area contributed by atoms with Crippen LogP contribution in [0.5, 0.6) is 0 Å². The standard InChI is InChI=1S/C17H20O7/c1-17(2,21)14-12(18)11(16(20)24-14)13(22-3)9-7-5-6-8-10(9)15(19)23-4/h5-8,12,14,18,21H,1-4H3. The fraction of sp³-hybridized carbons (Fsp3) is 0.412. The van der Waals surface area contributed by atoms with Gasteiger partial charge in [-0.2, -0.15) is 0 Å². The number of cyclic esters (lactones) is 1. The number of esters is 2. The van der Waals surface area contributed by atoms with Gasteiger partial charge in [-0.15, -0.1) is 0 Å². The van der Waals surface area contributed by atoms with E-state index in [-0.39, 0.29) is 22.5 Å². The highest BCUT2D eigenvalue weighted by Crippen LogP contribution is 2.35. The Morgan fingerprint density at radius 1 is 1.17 bits per heavy atom. The largest absolute Gasteiger partial charge is 0.495 e. The predicted molar refractivity (Wildman–Crippen MR) is 83.9 cm³/mol. The van der Waals surface area contributed by atoms with Gasteiger partial charge in [0.25, 0.3) is 0 Å². The van der Waals surface area contributed by atoms with E-state index >= 15 is 0 Å². The molecule has 1 heterocycles. The minimum absolute atomic E-state index is 0.000231. The zero-order valence-corrected chi connectivity index (χ0v) is 13.9. The average Bonchev–Trinajstić information content (AvgIpc) is 2.84. The van der Waals surface area contributed by atoms with Crippen LogP contribution in [-0.4, -0.2) is 54.2 Å². The van der Waals surface area contributed by atoms with Crippen LogP contribution in [0.15, 0.2) is 29.8 Å². The van der Waals surface area contributed by atoms with Crippen LogP contribution in [0.4, 0.5) is 0 Å². The zero-order valence-electron chi connectivity index (χ0n) is 13.9. The maximum atomic E-state index is 12.2.